The fraction of sp³-hybridized carbons (Fsp3) is 0.533. The van der Waals surface area contributed by atoms with Crippen LogP contribution in [-0.4, -0.2) is 17.1 Å². The van der Waals surface area contributed by atoms with Gasteiger partial charge in [-0.15, -0.1) is 0 Å². The smallest absolute Gasteiger partial charge is 0.335 e. The maximum atomic E-state index is 10.8. The predicted octanol–water partition coefficient (Wildman–Crippen LogP) is 3.35. The second-order valence-corrected chi connectivity index (χ2v) is 5.38. The Kier molecular flexibility index (Phi) is 4.30. The average molecular weight is 262 g/mol. The normalized spacial score (nSPS) is 23.0. The van der Waals surface area contributed by atoms with Crippen molar-refractivity contribution in [3.8, 4) is 0 Å². The molecule has 1 fully saturated rings. The van der Waals surface area contributed by atoms with Gasteiger partial charge in [-0.1, -0.05) is 13.3 Å². The third kappa shape index (κ3) is 3.40. The van der Waals surface area contributed by atoms with Crippen molar-refractivity contribution >= 4 is 17.3 Å². The first-order chi connectivity index (χ1) is 9.10. The summed E-state index contributed by atoms with van der Waals surface area (Å²) < 4.78 is 0. The van der Waals surface area contributed by atoms with Gasteiger partial charge in [-0.3, -0.25) is 0 Å². The average Bonchev–Trinajstić information content (AvgIpc) is 2.41. The molecule has 19 heavy (non-hydrogen) atoms. The van der Waals surface area contributed by atoms with Gasteiger partial charge in [-0.25, -0.2) is 4.79 Å². The van der Waals surface area contributed by atoms with Crippen LogP contribution in [0.4, 0.5) is 11.4 Å². The van der Waals surface area contributed by atoms with E-state index in [0.29, 0.717) is 11.7 Å². The van der Waals surface area contributed by atoms with Gasteiger partial charge in [0, 0.05) is 6.04 Å². The van der Waals surface area contributed by atoms with E-state index in [1.54, 1.807) is 12.1 Å². The van der Waals surface area contributed by atoms with Crippen LogP contribution in [0.25, 0.3) is 0 Å². The molecule has 0 atom stereocenters. The monoisotopic (exact) mass is 262 g/mol. The quantitative estimate of drug-likeness (QED) is 0.727. The topological polar surface area (TPSA) is 75.3 Å². The van der Waals surface area contributed by atoms with Crippen LogP contribution in [0.1, 0.15) is 49.4 Å². The molecule has 0 heterocycles. The Balaban J connectivity index is 1.98. The first kappa shape index (κ1) is 13.7. The van der Waals surface area contributed by atoms with Crippen LogP contribution in [0.5, 0.6) is 0 Å². The molecule has 4 nitrogen and oxygen atoms in total. The summed E-state index contributed by atoms with van der Waals surface area (Å²) >= 11 is 0. The third-order valence-electron chi connectivity index (χ3n) is 4.08. The Morgan fingerprint density at radius 2 is 2.05 bits per heavy atom. The molecule has 0 bridgehead atoms. The number of hydrogen-bond donors (Lipinski definition) is 3. The number of hydrogen-bond acceptors (Lipinski definition) is 3. The largest absolute Gasteiger partial charge is 0.478 e. The highest BCUT2D eigenvalue weighted by Crippen LogP contribution is 2.30. The van der Waals surface area contributed by atoms with Gasteiger partial charge in [-0.05, 0) is 49.8 Å². The first-order valence-electron chi connectivity index (χ1n) is 6.99. The zero-order valence-electron chi connectivity index (χ0n) is 11.4. The van der Waals surface area contributed by atoms with Crippen LogP contribution in [0.3, 0.4) is 0 Å². The van der Waals surface area contributed by atoms with E-state index in [1.807, 2.05) is 0 Å². The molecule has 2 rings (SSSR count). The fourth-order valence-electron chi connectivity index (χ4n) is 2.76. The fourth-order valence-corrected chi connectivity index (χ4v) is 2.76. The van der Waals surface area contributed by atoms with E-state index in [-0.39, 0.29) is 5.56 Å². The molecular formula is C15H22N2O2. The molecule has 0 unspecified atom stereocenters. The second kappa shape index (κ2) is 5.95. The lowest BCUT2D eigenvalue weighted by atomic mass is 9.84. The summed E-state index contributed by atoms with van der Waals surface area (Å²) in [5.74, 6) is -0.0773. The van der Waals surface area contributed by atoms with Gasteiger partial charge in [-0.2, -0.15) is 0 Å². The minimum atomic E-state index is -0.943. The molecule has 1 aromatic rings. The molecule has 0 spiro atoms. The summed E-state index contributed by atoms with van der Waals surface area (Å²) in [7, 11) is 0. The Morgan fingerprint density at radius 3 is 2.58 bits per heavy atom. The lowest BCUT2D eigenvalue weighted by Crippen LogP contribution is -2.26. The molecule has 1 aliphatic carbocycles. The summed E-state index contributed by atoms with van der Waals surface area (Å²) in [5.41, 5.74) is 7.50. The number of nitrogens with one attached hydrogen (secondary N) is 1. The zero-order chi connectivity index (χ0) is 13.8. The van der Waals surface area contributed by atoms with E-state index in [4.69, 9.17) is 10.8 Å². The van der Waals surface area contributed by atoms with E-state index in [9.17, 15) is 4.79 Å². The maximum Gasteiger partial charge on any atom is 0.335 e. The summed E-state index contributed by atoms with van der Waals surface area (Å²) in [5, 5.41) is 12.3. The lowest BCUT2D eigenvalue weighted by Gasteiger charge is -2.29. The van der Waals surface area contributed by atoms with Gasteiger partial charge in [0.25, 0.3) is 0 Å². The summed E-state index contributed by atoms with van der Waals surface area (Å²) in [6.45, 7) is 2.25. The Morgan fingerprint density at radius 1 is 1.37 bits per heavy atom. The van der Waals surface area contributed by atoms with Crippen LogP contribution in [0, 0.1) is 5.92 Å². The Labute approximate surface area is 114 Å². The molecule has 4 N–H and O–H groups in total. The van der Waals surface area contributed by atoms with Crippen molar-refractivity contribution in [1.29, 1.82) is 0 Å². The Hall–Kier alpha value is -1.71. The molecule has 0 aliphatic heterocycles. The maximum absolute atomic E-state index is 10.8. The van der Waals surface area contributed by atoms with Crippen molar-refractivity contribution in [2.24, 2.45) is 5.92 Å². The zero-order valence-corrected chi connectivity index (χ0v) is 11.4. The molecule has 4 heteroatoms. The minimum Gasteiger partial charge on any atom is -0.478 e. The third-order valence-corrected chi connectivity index (χ3v) is 4.08. The van der Waals surface area contributed by atoms with Crippen LogP contribution in [-0.2, 0) is 0 Å². The van der Waals surface area contributed by atoms with Gasteiger partial charge in [0.2, 0.25) is 0 Å². The van der Waals surface area contributed by atoms with Crippen molar-refractivity contribution in [3.05, 3.63) is 23.8 Å². The van der Waals surface area contributed by atoms with Crippen molar-refractivity contribution in [2.45, 2.75) is 45.1 Å². The van der Waals surface area contributed by atoms with Crippen LogP contribution in [0.2, 0.25) is 0 Å². The molecule has 0 saturated heterocycles. The Bertz CT molecular complexity index is 451. The number of nitrogens with two attached hydrogens (primary N) is 1. The van der Waals surface area contributed by atoms with E-state index in [2.05, 4.69) is 12.2 Å². The van der Waals surface area contributed by atoms with Gasteiger partial charge in [0.05, 0.1) is 16.9 Å². The van der Waals surface area contributed by atoms with Gasteiger partial charge >= 0.3 is 5.97 Å². The number of carboxylic acid groups (broad SMARTS) is 1. The van der Waals surface area contributed by atoms with Crippen molar-refractivity contribution in [2.75, 3.05) is 11.1 Å². The number of rotatable bonds is 4. The summed E-state index contributed by atoms with van der Waals surface area (Å²) in [6, 6.07) is 5.34. The minimum absolute atomic E-state index is 0.234. The van der Waals surface area contributed by atoms with Crippen molar-refractivity contribution in [3.63, 3.8) is 0 Å². The number of carbonyl (C=O) groups is 1. The van der Waals surface area contributed by atoms with Crippen molar-refractivity contribution < 1.29 is 9.90 Å². The number of benzene rings is 1. The molecule has 1 aliphatic rings. The highest BCUT2D eigenvalue weighted by Gasteiger charge is 2.20. The lowest BCUT2D eigenvalue weighted by molar-refractivity contribution is 0.0697. The van der Waals surface area contributed by atoms with Crippen LogP contribution < -0.4 is 11.1 Å². The van der Waals surface area contributed by atoms with E-state index in [0.717, 1.165) is 11.6 Å². The van der Waals surface area contributed by atoms with E-state index >= 15 is 0 Å². The van der Waals surface area contributed by atoms with Gasteiger partial charge in [0.15, 0.2) is 0 Å². The highest BCUT2D eigenvalue weighted by atomic mass is 16.4. The molecule has 0 amide bonds. The molecule has 104 valence electrons. The highest BCUT2D eigenvalue weighted by molar-refractivity contribution is 5.90. The SMILES string of the molecule is CCC1CCC(Nc2ccc(C(=O)O)cc2N)CC1. The first-order valence-corrected chi connectivity index (χ1v) is 6.99. The standard InChI is InChI=1S/C15H22N2O2/c1-2-10-3-6-12(7-4-10)17-14-8-5-11(15(18)19)9-13(14)16/h5,8-10,12,17H,2-4,6-7,16H2,1H3,(H,18,19). The van der Waals surface area contributed by atoms with Crippen LogP contribution >= 0.6 is 0 Å². The number of carboxylic acids is 1. The molecular weight excluding hydrogens is 240 g/mol. The second-order valence-electron chi connectivity index (χ2n) is 5.38. The van der Waals surface area contributed by atoms with Gasteiger partial charge in [0.1, 0.15) is 0 Å². The number of anilines is 2. The molecule has 0 radical (unpaired) electrons. The summed E-state index contributed by atoms with van der Waals surface area (Å²) in [6.07, 6.45) is 6.13. The number of aromatic carboxylic acids is 1. The van der Waals surface area contributed by atoms with E-state index < -0.39 is 5.97 Å². The molecule has 1 saturated carbocycles. The van der Waals surface area contributed by atoms with Crippen LogP contribution in [0.15, 0.2) is 18.2 Å². The van der Waals surface area contributed by atoms with E-state index in [1.165, 1.54) is 38.2 Å². The summed E-state index contributed by atoms with van der Waals surface area (Å²) in [4.78, 5) is 10.8. The van der Waals surface area contributed by atoms with Crippen molar-refractivity contribution in [1.82, 2.24) is 0 Å². The number of nitrogen functional groups attached to an aromatic ring is 1. The molecule has 1 aromatic carbocycles. The predicted molar refractivity (Wildman–Crippen MR) is 77.5 cm³/mol. The molecule has 0 aromatic heterocycles. The van der Waals surface area contributed by atoms with Gasteiger partial charge < -0.3 is 16.2 Å².